The Labute approximate surface area is 177 Å². The van der Waals surface area contributed by atoms with Crippen molar-refractivity contribution in [1.82, 2.24) is 10.6 Å². The molecule has 0 aliphatic heterocycles. The number of nitrogens with one attached hydrogen (secondary N) is 3. The summed E-state index contributed by atoms with van der Waals surface area (Å²) < 4.78 is 5.12. The second kappa shape index (κ2) is 11.6. The van der Waals surface area contributed by atoms with E-state index in [1.54, 1.807) is 38.1 Å². The summed E-state index contributed by atoms with van der Waals surface area (Å²) in [6.07, 6.45) is 0. The first-order valence-electron chi connectivity index (χ1n) is 9.97. The van der Waals surface area contributed by atoms with Crippen molar-refractivity contribution in [2.45, 2.75) is 32.7 Å². The number of ether oxygens (including phenoxy) is 1. The molecule has 0 fully saturated rings. The molecule has 2 aromatic rings. The van der Waals surface area contributed by atoms with Gasteiger partial charge in [-0.2, -0.15) is 0 Å². The molecule has 3 amide bonds. The van der Waals surface area contributed by atoms with Crippen molar-refractivity contribution >= 4 is 23.6 Å². The summed E-state index contributed by atoms with van der Waals surface area (Å²) in [5.41, 5.74) is 1.72. The van der Waals surface area contributed by atoms with Gasteiger partial charge >= 0.3 is 12.0 Å². The quantitative estimate of drug-likeness (QED) is 0.552. The average Bonchev–Trinajstić information content (AvgIpc) is 2.75. The summed E-state index contributed by atoms with van der Waals surface area (Å²) in [5, 5.41) is 8.02. The van der Waals surface area contributed by atoms with Gasteiger partial charge in [0, 0.05) is 12.2 Å². The van der Waals surface area contributed by atoms with E-state index in [-0.39, 0.29) is 17.7 Å². The highest BCUT2D eigenvalue weighted by Crippen LogP contribution is 2.13. The lowest BCUT2D eigenvalue weighted by Crippen LogP contribution is -2.47. The van der Waals surface area contributed by atoms with Crippen LogP contribution in [0.2, 0.25) is 0 Å². The molecule has 0 spiro atoms. The Morgan fingerprint density at radius 1 is 0.900 bits per heavy atom. The molecule has 0 aromatic heterocycles. The van der Waals surface area contributed by atoms with Crippen LogP contribution in [0.5, 0.6) is 0 Å². The number of carbonyl (C=O) groups excluding carboxylic acids is 3. The maximum Gasteiger partial charge on any atom is 0.329 e. The highest BCUT2D eigenvalue weighted by atomic mass is 16.5. The number of para-hydroxylation sites is 1. The van der Waals surface area contributed by atoms with Gasteiger partial charge in [-0.15, -0.1) is 0 Å². The fraction of sp³-hybridized carbons (Fsp3) is 0.348. The Kier molecular flexibility index (Phi) is 8.87. The number of hydrogen-bond donors (Lipinski definition) is 3. The zero-order valence-corrected chi connectivity index (χ0v) is 17.6. The number of carbonyl (C=O) groups is 3. The maximum atomic E-state index is 12.4. The van der Waals surface area contributed by atoms with Crippen LogP contribution in [0, 0.1) is 5.92 Å². The van der Waals surface area contributed by atoms with Gasteiger partial charge in [0.05, 0.1) is 0 Å². The highest BCUT2D eigenvalue weighted by Gasteiger charge is 2.26. The fourth-order valence-electron chi connectivity index (χ4n) is 2.77. The van der Waals surface area contributed by atoms with Gasteiger partial charge in [0.25, 0.3) is 5.91 Å². The zero-order chi connectivity index (χ0) is 21.9. The molecule has 0 radical (unpaired) electrons. The SMILES string of the molecule is CC(C)[C@@H](NC(=O)Nc1ccccc1)C(=O)OCC(=O)NC[C@H](C)c1ccccc1. The largest absolute Gasteiger partial charge is 0.454 e. The normalized spacial score (nSPS) is 12.5. The Balaban J connectivity index is 1.78. The van der Waals surface area contributed by atoms with Crippen molar-refractivity contribution in [3.8, 4) is 0 Å². The van der Waals surface area contributed by atoms with Crippen molar-refractivity contribution < 1.29 is 19.1 Å². The third-order valence-electron chi connectivity index (χ3n) is 4.56. The summed E-state index contributed by atoms with van der Waals surface area (Å²) in [7, 11) is 0. The Bertz CT molecular complexity index is 825. The van der Waals surface area contributed by atoms with Crippen LogP contribution in [-0.2, 0) is 14.3 Å². The van der Waals surface area contributed by atoms with Gasteiger partial charge in [0.15, 0.2) is 6.61 Å². The summed E-state index contributed by atoms with van der Waals surface area (Å²) >= 11 is 0. The van der Waals surface area contributed by atoms with Crippen molar-refractivity contribution in [3.63, 3.8) is 0 Å². The van der Waals surface area contributed by atoms with Gasteiger partial charge in [-0.3, -0.25) is 4.79 Å². The van der Waals surface area contributed by atoms with Crippen LogP contribution in [0.1, 0.15) is 32.3 Å². The van der Waals surface area contributed by atoms with Crippen LogP contribution in [0.25, 0.3) is 0 Å². The summed E-state index contributed by atoms with van der Waals surface area (Å²) in [6, 6.07) is 17.3. The molecule has 0 unspecified atom stereocenters. The number of hydrogen-bond acceptors (Lipinski definition) is 4. The van der Waals surface area contributed by atoms with E-state index in [2.05, 4.69) is 16.0 Å². The standard InChI is InChI=1S/C23H29N3O4/c1-16(2)21(26-23(29)25-19-12-8-5-9-13-19)22(28)30-15-20(27)24-14-17(3)18-10-6-4-7-11-18/h4-13,16-17,21H,14-15H2,1-3H3,(H,24,27)(H2,25,26,29)/t17-,21+/m0/s1. The zero-order valence-electron chi connectivity index (χ0n) is 17.6. The molecule has 0 saturated carbocycles. The van der Waals surface area contributed by atoms with Crippen molar-refractivity contribution in [1.29, 1.82) is 0 Å². The molecule has 160 valence electrons. The molecule has 2 rings (SSSR count). The van der Waals surface area contributed by atoms with Crippen LogP contribution < -0.4 is 16.0 Å². The Hall–Kier alpha value is -3.35. The molecule has 0 aliphatic rings. The van der Waals surface area contributed by atoms with Crippen LogP contribution in [-0.4, -0.2) is 37.1 Å². The van der Waals surface area contributed by atoms with E-state index in [1.165, 1.54) is 0 Å². The van der Waals surface area contributed by atoms with Gasteiger partial charge in [-0.1, -0.05) is 69.3 Å². The first-order chi connectivity index (χ1) is 14.4. The highest BCUT2D eigenvalue weighted by molar-refractivity contribution is 5.93. The molecule has 0 bridgehead atoms. The molecule has 0 heterocycles. The molecule has 7 nitrogen and oxygen atoms in total. The Morgan fingerprint density at radius 3 is 2.10 bits per heavy atom. The lowest BCUT2D eigenvalue weighted by atomic mass is 10.0. The van der Waals surface area contributed by atoms with Crippen LogP contribution in [0.4, 0.5) is 10.5 Å². The molecular weight excluding hydrogens is 382 g/mol. The van der Waals surface area contributed by atoms with Gasteiger partial charge < -0.3 is 20.7 Å². The van der Waals surface area contributed by atoms with Crippen molar-refractivity contribution in [2.24, 2.45) is 5.92 Å². The lowest BCUT2D eigenvalue weighted by Gasteiger charge is -2.21. The topological polar surface area (TPSA) is 96.5 Å². The van der Waals surface area contributed by atoms with E-state index in [4.69, 9.17) is 4.74 Å². The van der Waals surface area contributed by atoms with Gasteiger partial charge in [0.1, 0.15) is 6.04 Å². The minimum absolute atomic E-state index is 0.137. The first-order valence-corrected chi connectivity index (χ1v) is 9.97. The van der Waals surface area contributed by atoms with Crippen LogP contribution in [0.15, 0.2) is 60.7 Å². The van der Waals surface area contributed by atoms with Crippen molar-refractivity contribution in [3.05, 3.63) is 66.2 Å². The number of rotatable bonds is 9. The average molecular weight is 412 g/mol. The third-order valence-corrected chi connectivity index (χ3v) is 4.56. The number of esters is 1. The molecule has 30 heavy (non-hydrogen) atoms. The van der Waals surface area contributed by atoms with E-state index in [9.17, 15) is 14.4 Å². The minimum atomic E-state index is -0.871. The molecule has 2 atom stereocenters. The second-order valence-corrected chi connectivity index (χ2v) is 7.41. The van der Waals surface area contributed by atoms with E-state index in [0.29, 0.717) is 12.2 Å². The predicted octanol–water partition coefficient (Wildman–Crippen LogP) is 3.30. The molecular formula is C23H29N3O4. The van der Waals surface area contributed by atoms with Gasteiger partial charge in [0.2, 0.25) is 0 Å². The van der Waals surface area contributed by atoms with Crippen LogP contribution >= 0.6 is 0 Å². The lowest BCUT2D eigenvalue weighted by molar-refractivity contribution is -0.151. The van der Waals surface area contributed by atoms with Crippen LogP contribution in [0.3, 0.4) is 0 Å². The van der Waals surface area contributed by atoms with E-state index >= 15 is 0 Å². The number of benzene rings is 2. The molecule has 3 N–H and O–H groups in total. The number of urea groups is 1. The second-order valence-electron chi connectivity index (χ2n) is 7.41. The molecule has 2 aromatic carbocycles. The summed E-state index contributed by atoms with van der Waals surface area (Å²) in [4.78, 5) is 36.6. The van der Waals surface area contributed by atoms with E-state index in [1.807, 2.05) is 43.3 Å². The summed E-state index contributed by atoms with van der Waals surface area (Å²) in [5.74, 6) is -1.11. The fourth-order valence-corrected chi connectivity index (χ4v) is 2.77. The predicted molar refractivity (Wildman–Crippen MR) is 116 cm³/mol. The Morgan fingerprint density at radius 2 is 1.50 bits per heavy atom. The number of amides is 3. The minimum Gasteiger partial charge on any atom is -0.454 e. The first kappa shape index (κ1) is 22.9. The van der Waals surface area contributed by atoms with Gasteiger partial charge in [-0.05, 0) is 29.5 Å². The third kappa shape index (κ3) is 7.58. The van der Waals surface area contributed by atoms with E-state index in [0.717, 1.165) is 5.56 Å². The smallest absolute Gasteiger partial charge is 0.329 e. The van der Waals surface area contributed by atoms with Gasteiger partial charge in [-0.25, -0.2) is 9.59 Å². The monoisotopic (exact) mass is 411 g/mol. The molecule has 0 aliphatic carbocycles. The molecule has 0 saturated heterocycles. The summed E-state index contributed by atoms with van der Waals surface area (Å²) in [6.45, 7) is 5.62. The van der Waals surface area contributed by atoms with E-state index < -0.39 is 24.6 Å². The van der Waals surface area contributed by atoms with Crippen molar-refractivity contribution in [2.75, 3.05) is 18.5 Å². The number of anilines is 1. The maximum absolute atomic E-state index is 12.4. The molecule has 7 heteroatoms.